The van der Waals surface area contributed by atoms with E-state index >= 15 is 0 Å². The Hall–Kier alpha value is -2.36. The number of benzene rings is 2. The fourth-order valence-corrected chi connectivity index (χ4v) is 3.67. The van der Waals surface area contributed by atoms with Crippen molar-refractivity contribution in [2.45, 2.75) is 6.42 Å². The van der Waals surface area contributed by atoms with Crippen LogP contribution in [0.2, 0.25) is 0 Å². The Morgan fingerprint density at radius 3 is 2.46 bits per heavy atom. The van der Waals surface area contributed by atoms with E-state index in [9.17, 15) is 0 Å². The highest BCUT2D eigenvalue weighted by Gasteiger charge is 2.19. The molecular weight excluding hydrogens is 322 g/mol. The number of hydrogen-bond donors (Lipinski definition) is 0. The van der Waals surface area contributed by atoms with Gasteiger partial charge in [-0.25, -0.2) is 0 Å². The molecule has 134 valence electrons. The van der Waals surface area contributed by atoms with Crippen molar-refractivity contribution in [3.05, 3.63) is 71.3 Å². The number of rotatable bonds is 5. The van der Waals surface area contributed by atoms with Crippen molar-refractivity contribution >= 4 is 17.2 Å². The predicted octanol–water partition coefficient (Wildman–Crippen LogP) is 4.36. The summed E-state index contributed by atoms with van der Waals surface area (Å²) in [6.07, 6.45) is 5.70. The smallest absolute Gasteiger partial charge is 0.118 e. The molecule has 0 atom stereocenters. The van der Waals surface area contributed by atoms with Crippen molar-refractivity contribution in [3.63, 3.8) is 0 Å². The van der Waals surface area contributed by atoms with Gasteiger partial charge < -0.3 is 9.47 Å². The van der Waals surface area contributed by atoms with E-state index in [1.54, 1.807) is 7.11 Å². The maximum Gasteiger partial charge on any atom is 0.118 e. The van der Waals surface area contributed by atoms with Crippen LogP contribution in [0.4, 0.5) is 0 Å². The molecule has 0 saturated carbocycles. The maximum absolute atomic E-state index is 5.45. The molecule has 0 radical (unpaired) electrons. The highest BCUT2D eigenvalue weighted by atomic mass is 16.5. The molecule has 3 nitrogen and oxygen atoms in total. The van der Waals surface area contributed by atoms with E-state index in [0.29, 0.717) is 0 Å². The SMILES string of the molecule is COc1ccc(/C=C2/C=C(CCN3CCOCC3)c3ccccc32)cc1. The van der Waals surface area contributed by atoms with Gasteiger partial charge in [-0.1, -0.05) is 42.5 Å². The largest absolute Gasteiger partial charge is 0.497 e. The number of nitrogens with zero attached hydrogens (tertiary/aromatic N) is 1. The van der Waals surface area contributed by atoms with Crippen LogP contribution >= 0.6 is 0 Å². The van der Waals surface area contributed by atoms with Crippen molar-refractivity contribution in [2.75, 3.05) is 40.0 Å². The first-order valence-corrected chi connectivity index (χ1v) is 9.30. The van der Waals surface area contributed by atoms with Crippen LogP contribution in [-0.2, 0) is 4.74 Å². The van der Waals surface area contributed by atoms with Gasteiger partial charge in [0.1, 0.15) is 5.75 Å². The van der Waals surface area contributed by atoms with Gasteiger partial charge in [-0.15, -0.1) is 0 Å². The molecule has 26 heavy (non-hydrogen) atoms. The molecule has 0 amide bonds. The Kier molecular flexibility index (Phi) is 5.19. The molecule has 0 unspecified atom stereocenters. The molecule has 0 spiro atoms. The van der Waals surface area contributed by atoms with Crippen molar-refractivity contribution < 1.29 is 9.47 Å². The van der Waals surface area contributed by atoms with Crippen LogP contribution in [0.1, 0.15) is 23.1 Å². The lowest BCUT2D eigenvalue weighted by atomic mass is 10.0. The van der Waals surface area contributed by atoms with Gasteiger partial charge in [-0.3, -0.25) is 4.90 Å². The van der Waals surface area contributed by atoms with Crippen molar-refractivity contribution in [3.8, 4) is 5.75 Å². The lowest BCUT2D eigenvalue weighted by Gasteiger charge is -2.26. The lowest BCUT2D eigenvalue weighted by Crippen LogP contribution is -2.36. The molecule has 4 rings (SSSR count). The molecule has 2 aliphatic rings. The summed E-state index contributed by atoms with van der Waals surface area (Å²) < 4.78 is 10.7. The zero-order chi connectivity index (χ0) is 17.8. The molecule has 3 heteroatoms. The van der Waals surface area contributed by atoms with E-state index in [-0.39, 0.29) is 0 Å². The molecule has 1 fully saturated rings. The van der Waals surface area contributed by atoms with Crippen molar-refractivity contribution in [1.82, 2.24) is 4.90 Å². The first-order chi connectivity index (χ1) is 12.8. The number of ether oxygens (including phenoxy) is 2. The zero-order valence-electron chi connectivity index (χ0n) is 15.3. The molecule has 0 N–H and O–H groups in total. The summed E-state index contributed by atoms with van der Waals surface area (Å²) in [5.74, 6) is 0.890. The summed E-state index contributed by atoms with van der Waals surface area (Å²) in [6, 6.07) is 17.0. The third-order valence-electron chi connectivity index (χ3n) is 5.15. The summed E-state index contributed by atoms with van der Waals surface area (Å²) in [5.41, 5.74) is 6.64. The van der Waals surface area contributed by atoms with Crippen LogP contribution in [0.25, 0.3) is 17.2 Å². The van der Waals surface area contributed by atoms with Gasteiger partial charge in [0, 0.05) is 19.6 Å². The topological polar surface area (TPSA) is 21.7 Å². The highest BCUT2D eigenvalue weighted by molar-refractivity contribution is 6.01. The Bertz CT molecular complexity index is 814. The molecule has 1 aliphatic heterocycles. The summed E-state index contributed by atoms with van der Waals surface area (Å²) in [5, 5.41) is 0. The Balaban J connectivity index is 1.56. The number of methoxy groups -OCH3 is 1. The van der Waals surface area contributed by atoms with Gasteiger partial charge in [-0.2, -0.15) is 0 Å². The average molecular weight is 347 g/mol. The van der Waals surface area contributed by atoms with Gasteiger partial charge in [0.15, 0.2) is 0 Å². The second-order valence-electron chi connectivity index (χ2n) is 6.79. The van der Waals surface area contributed by atoms with Gasteiger partial charge in [0.05, 0.1) is 20.3 Å². The van der Waals surface area contributed by atoms with Crippen LogP contribution in [0.5, 0.6) is 5.75 Å². The molecule has 2 aromatic carbocycles. The fraction of sp³-hybridized carbons (Fsp3) is 0.304. The number of hydrogen-bond acceptors (Lipinski definition) is 3. The van der Waals surface area contributed by atoms with Crippen LogP contribution < -0.4 is 4.74 Å². The zero-order valence-corrected chi connectivity index (χ0v) is 15.3. The van der Waals surface area contributed by atoms with Crippen molar-refractivity contribution in [1.29, 1.82) is 0 Å². The molecule has 1 heterocycles. The van der Waals surface area contributed by atoms with E-state index in [1.807, 2.05) is 12.1 Å². The molecule has 2 aromatic rings. The number of allylic oxidation sites excluding steroid dienone is 2. The summed E-state index contributed by atoms with van der Waals surface area (Å²) in [7, 11) is 1.70. The lowest BCUT2D eigenvalue weighted by molar-refractivity contribution is 0.0390. The van der Waals surface area contributed by atoms with Gasteiger partial charge in [0.2, 0.25) is 0 Å². The summed E-state index contributed by atoms with van der Waals surface area (Å²) >= 11 is 0. The predicted molar refractivity (Wildman–Crippen MR) is 107 cm³/mol. The monoisotopic (exact) mass is 347 g/mol. The normalized spacial score (nSPS) is 18.7. The first kappa shape index (κ1) is 17.1. The van der Waals surface area contributed by atoms with Crippen LogP contribution in [0, 0.1) is 0 Å². The molecular formula is C23H25NO2. The highest BCUT2D eigenvalue weighted by Crippen LogP contribution is 2.38. The van der Waals surface area contributed by atoms with Gasteiger partial charge in [-0.05, 0) is 52.5 Å². The molecule has 0 aromatic heterocycles. The van der Waals surface area contributed by atoms with Crippen molar-refractivity contribution in [2.24, 2.45) is 0 Å². The molecule has 1 aliphatic carbocycles. The average Bonchev–Trinajstić information content (AvgIpc) is 3.05. The van der Waals surface area contributed by atoms with Crippen LogP contribution in [0.15, 0.2) is 54.6 Å². The standard InChI is InChI=1S/C23H25NO2/c1-25-21-8-6-18(7-9-21)16-20-17-19(22-4-2-3-5-23(20)22)10-11-24-12-14-26-15-13-24/h2-9,16-17H,10-15H2,1H3/b20-16-. The van der Waals surface area contributed by atoms with E-state index in [4.69, 9.17) is 9.47 Å². The van der Waals surface area contributed by atoms with Gasteiger partial charge >= 0.3 is 0 Å². The second-order valence-corrected chi connectivity index (χ2v) is 6.79. The Labute approximate surface area is 155 Å². The number of morpholine rings is 1. The van der Waals surface area contributed by atoms with E-state index in [2.05, 4.69) is 53.5 Å². The van der Waals surface area contributed by atoms with Crippen LogP contribution in [-0.4, -0.2) is 44.9 Å². The minimum absolute atomic E-state index is 0.859. The summed E-state index contributed by atoms with van der Waals surface area (Å²) in [4.78, 5) is 2.50. The Morgan fingerprint density at radius 2 is 1.73 bits per heavy atom. The first-order valence-electron chi connectivity index (χ1n) is 9.30. The van der Waals surface area contributed by atoms with E-state index < -0.39 is 0 Å². The van der Waals surface area contributed by atoms with Crippen LogP contribution in [0.3, 0.4) is 0 Å². The second kappa shape index (κ2) is 7.90. The van der Waals surface area contributed by atoms with Gasteiger partial charge in [0.25, 0.3) is 0 Å². The quantitative estimate of drug-likeness (QED) is 0.802. The third-order valence-corrected chi connectivity index (χ3v) is 5.15. The minimum atomic E-state index is 0.859. The van der Waals surface area contributed by atoms with E-state index in [0.717, 1.165) is 45.0 Å². The number of fused-ring (bicyclic) bond motifs is 1. The Morgan fingerprint density at radius 1 is 1.00 bits per heavy atom. The minimum Gasteiger partial charge on any atom is -0.497 e. The van der Waals surface area contributed by atoms with E-state index in [1.165, 1.54) is 27.8 Å². The fourth-order valence-electron chi connectivity index (χ4n) is 3.67. The maximum atomic E-state index is 5.45. The third kappa shape index (κ3) is 3.74. The molecule has 1 saturated heterocycles. The summed E-state index contributed by atoms with van der Waals surface area (Å²) in [6.45, 7) is 4.91. The molecule has 0 bridgehead atoms.